The van der Waals surface area contributed by atoms with E-state index in [4.69, 9.17) is 11.6 Å². The molecule has 1 aliphatic carbocycles. The number of carbonyl (C=O) groups excluding carboxylic acids is 1. The first-order valence-corrected chi connectivity index (χ1v) is 7.39. The van der Waals surface area contributed by atoms with Crippen molar-refractivity contribution in [3.63, 3.8) is 0 Å². The maximum absolute atomic E-state index is 12.9. The van der Waals surface area contributed by atoms with Crippen LogP contribution in [0.4, 0.5) is 10.1 Å². The summed E-state index contributed by atoms with van der Waals surface area (Å²) in [6, 6.07) is 4.45. The molecule has 0 heterocycles. The number of nitrogens with zero attached hydrogens (tertiary/aromatic N) is 1. The Morgan fingerprint density at radius 3 is 2.75 bits per heavy atom. The molecule has 110 valence electrons. The van der Waals surface area contributed by atoms with Crippen molar-refractivity contribution >= 4 is 23.2 Å². The minimum Gasteiger partial charge on any atom is -0.324 e. The van der Waals surface area contributed by atoms with E-state index in [1.807, 2.05) is 7.05 Å². The fourth-order valence-electron chi connectivity index (χ4n) is 2.66. The van der Waals surface area contributed by atoms with Gasteiger partial charge in [0.1, 0.15) is 5.82 Å². The molecule has 0 aliphatic heterocycles. The number of hydrogen-bond acceptors (Lipinski definition) is 2. The Morgan fingerprint density at radius 2 is 2.10 bits per heavy atom. The first-order valence-electron chi connectivity index (χ1n) is 7.01. The second kappa shape index (κ2) is 7.04. The van der Waals surface area contributed by atoms with Gasteiger partial charge in [-0.15, -0.1) is 0 Å². The Kier molecular flexibility index (Phi) is 5.38. The molecule has 0 saturated heterocycles. The van der Waals surface area contributed by atoms with Crippen LogP contribution in [0.5, 0.6) is 0 Å². The van der Waals surface area contributed by atoms with Gasteiger partial charge in [-0.05, 0) is 38.1 Å². The van der Waals surface area contributed by atoms with Crippen LogP contribution in [0, 0.1) is 5.82 Å². The number of nitrogens with one attached hydrogen (secondary N) is 1. The smallest absolute Gasteiger partial charge is 0.238 e. The van der Waals surface area contributed by atoms with Gasteiger partial charge in [0.05, 0.1) is 17.3 Å². The van der Waals surface area contributed by atoms with Crippen LogP contribution >= 0.6 is 11.6 Å². The number of benzene rings is 1. The highest BCUT2D eigenvalue weighted by Crippen LogP contribution is 2.23. The zero-order valence-electron chi connectivity index (χ0n) is 11.7. The molecule has 1 aromatic rings. The summed E-state index contributed by atoms with van der Waals surface area (Å²) in [5.41, 5.74) is 0.454. The summed E-state index contributed by atoms with van der Waals surface area (Å²) in [6.45, 7) is 0.332. The lowest BCUT2D eigenvalue weighted by molar-refractivity contribution is -0.117. The summed E-state index contributed by atoms with van der Waals surface area (Å²) in [4.78, 5) is 14.1. The Morgan fingerprint density at radius 1 is 1.40 bits per heavy atom. The van der Waals surface area contributed by atoms with Gasteiger partial charge >= 0.3 is 0 Å². The maximum atomic E-state index is 12.9. The van der Waals surface area contributed by atoms with Gasteiger partial charge in [0, 0.05) is 6.04 Å². The monoisotopic (exact) mass is 298 g/mol. The van der Waals surface area contributed by atoms with E-state index in [0.717, 1.165) is 12.8 Å². The minimum atomic E-state index is -0.410. The van der Waals surface area contributed by atoms with Gasteiger partial charge in [0.15, 0.2) is 0 Å². The molecule has 20 heavy (non-hydrogen) atoms. The molecule has 1 aromatic carbocycles. The molecule has 1 fully saturated rings. The fraction of sp³-hybridized carbons (Fsp3) is 0.533. The number of likely N-dealkylation sites (N-methyl/N-ethyl adjacent to an activating group) is 1. The van der Waals surface area contributed by atoms with E-state index in [1.165, 1.54) is 37.5 Å². The van der Waals surface area contributed by atoms with E-state index in [2.05, 4.69) is 10.2 Å². The maximum Gasteiger partial charge on any atom is 0.238 e. The number of anilines is 1. The molecule has 2 rings (SSSR count). The minimum absolute atomic E-state index is 0.119. The van der Waals surface area contributed by atoms with E-state index in [0.29, 0.717) is 18.3 Å². The van der Waals surface area contributed by atoms with Crippen molar-refractivity contribution in [1.82, 2.24) is 4.90 Å². The predicted octanol–water partition coefficient (Wildman–Crippen LogP) is 3.68. The number of halogens is 2. The van der Waals surface area contributed by atoms with E-state index in [1.54, 1.807) is 0 Å². The van der Waals surface area contributed by atoms with Crippen LogP contribution in [0.3, 0.4) is 0 Å². The third-order valence-corrected chi connectivity index (χ3v) is 4.11. The van der Waals surface area contributed by atoms with Crippen LogP contribution in [-0.2, 0) is 4.79 Å². The Labute approximate surface area is 124 Å². The van der Waals surface area contributed by atoms with Gasteiger partial charge in [-0.3, -0.25) is 9.69 Å². The fourth-order valence-corrected chi connectivity index (χ4v) is 2.87. The number of hydrogen-bond donors (Lipinski definition) is 1. The van der Waals surface area contributed by atoms with Crippen LogP contribution in [0.1, 0.15) is 32.1 Å². The predicted molar refractivity (Wildman–Crippen MR) is 79.5 cm³/mol. The number of amides is 1. The van der Waals surface area contributed by atoms with Crippen LogP contribution in [0.25, 0.3) is 0 Å². The normalized spacial score (nSPS) is 16.4. The zero-order valence-corrected chi connectivity index (χ0v) is 12.4. The van der Waals surface area contributed by atoms with E-state index in [9.17, 15) is 9.18 Å². The second-order valence-corrected chi connectivity index (χ2v) is 5.79. The molecule has 0 atom stereocenters. The Hall–Kier alpha value is -1.13. The van der Waals surface area contributed by atoms with Gasteiger partial charge in [0.2, 0.25) is 5.91 Å². The molecule has 1 aliphatic rings. The molecule has 1 amide bonds. The van der Waals surface area contributed by atoms with Crippen molar-refractivity contribution in [1.29, 1.82) is 0 Å². The molecule has 0 bridgehead atoms. The van der Waals surface area contributed by atoms with Crippen molar-refractivity contribution in [2.24, 2.45) is 0 Å². The standard InChI is InChI=1S/C15H20ClFN2O/c1-19(12-5-3-2-4-6-12)10-15(20)18-14-8-7-11(17)9-13(14)16/h7-9,12H,2-6,10H2,1H3,(H,18,20). The summed E-state index contributed by atoms with van der Waals surface area (Å²) in [7, 11) is 1.97. The van der Waals surface area contributed by atoms with Crippen molar-refractivity contribution in [3.8, 4) is 0 Å². The molecule has 1 N–H and O–H groups in total. The van der Waals surface area contributed by atoms with Crippen molar-refractivity contribution in [2.75, 3.05) is 18.9 Å². The lowest BCUT2D eigenvalue weighted by Gasteiger charge is -2.30. The van der Waals surface area contributed by atoms with Crippen LogP contribution < -0.4 is 5.32 Å². The topological polar surface area (TPSA) is 32.3 Å². The molecule has 5 heteroatoms. The molecule has 0 radical (unpaired) electrons. The second-order valence-electron chi connectivity index (χ2n) is 5.38. The van der Waals surface area contributed by atoms with E-state index >= 15 is 0 Å². The highest BCUT2D eigenvalue weighted by atomic mass is 35.5. The molecule has 3 nitrogen and oxygen atoms in total. The average molecular weight is 299 g/mol. The lowest BCUT2D eigenvalue weighted by Crippen LogP contribution is -2.39. The van der Waals surface area contributed by atoms with Gasteiger partial charge in [0.25, 0.3) is 0 Å². The average Bonchev–Trinajstić information content (AvgIpc) is 2.43. The highest BCUT2D eigenvalue weighted by molar-refractivity contribution is 6.33. The van der Waals surface area contributed by atoms with Gasteiger partial charge < -0.3 is 5.32 Å². The van der Waals surface area contributed by atoms with Crippen molar-refractivity contribution < 1.29 is 9.18 Å². The number of rotatable bonds is 4. The molecule has 0 unspecified atom stereocenters. The Balaban J connectivity index is 1.88. The highest BCUT2D eigenvalue weighted by Gasteiger charge is 2.20. The zero-order chi connectivity index (χ0) is 14.5. The molecule has 1 saturated carbocycles. The third kappa shape index (κ3) is 4.18. The SMILES string of the molecule is CN(CC(=O)Nc1ccc(F)cc1Cl)C1CCCCC1. The Bertz CT molecular complexity index is 475. The summed E-state index contributed by atoms with van der Waals surface area (Å²) < 4.78 is 12.9. The summed E-state index contributed by atoms with van der Waals surface area (Å²) in [6.07, 6.45) is 6.07. The van der Waals surface area contributed by atoms with Gasteiger partial charge in [-0.25, -0.2) is 4.39 Å². The molecular formula is C15H20ClFN2O. The van der Waals surface area contributed by atoms with Gasteiger partial charge in [-0.2, -0.15) is 0 Å². The van der Waals surface area contributed by atoms with Crippen LogP contribution in [0.15, 0.2) is 18.2 Å². The van der Waals surface area contributed by atoms with Gasteiger partial charge in [-0.1, -0.05) is 30.9 Å². The van der Waals surface area contributed by atoms with Crippen LogP contribution in [-0.4, -0.2) is 30.4 Å². The summed E-state index contributed by atoms with van der Waals surface area (Å²) in [5.74, 6) is -0.529. The summed E-state index contributed by atoms with van der Waals surface area (Å²) >= 11 is 5.89. The lowest BCUT2D eigenvalue weighted by atomic mass is 9.94. The van der Waals surface area contributed by atoms with Crippen LogP contribution in [0.2, 0.25) is 5.02 Å². The van der Waals surface area contributed by atoms with Crippen molar-refractivity contribution in [2.45, 2.75) is 38.1 Å². The quantitative estimate of drug-likeness (QED) is 0.919. The van der Waals surface area contributed by atoms with E-state index in [-0.39, 0.29) is 10.9 Å². The molecule has 0 aromatic heterocycles. The molecular weight excluding hydrogens is 279 g/mol. The third-order valence-electron chi connectivity index (χ3n) is 3.80. The first kappa shape index (κ1) is 15.3. The van der Waals surface area contributed by atoms with E-state index < -0.39 is 5.82 Å². The number of carbonyl (C=O) groups is 1. The summed E-state index contributed by atoms with van der Waals surface area (Å²) in [5, 5.41) is 2.95. The largest absolute Gasteiger partial charge is 0.324 e. The molecule has 0 spiro atoms. The first-order chi connectivity index (χ1) is 9.56. The van der Waals surface area contributed by atoms with Crippen molar-refractivity contribution in [3.05, 3.63) is 29.0 Å².